The monoisotopic (exact) mass is 299 g/mol. The Kier molecular flexibility index (Phi) is 3.52. The van der Waals surface area contributed by atoms with Crippen molar-refractivity contribution < 1.29 is 19.4 Å². The fourth-order valence-corrected chi connectivity index (χ4v) is 2.29. The molecule has 0 saturated heterocycles. The highest BCUT2D eigenvalue weighted by molar-refractivity contribution is 5.87. The Labute approximate surface area is 124 Å². The van der Waals surface area contributed by atoms with Gasteiger partial charge in [-0.25, -0.2) is 9.59 Å². The van der Waals surface area contributed by atoms with Crippen molar-refractivity contribution in [2.45, 2.75) is 13.2 Å². The molecule has 6 nitrogen and oxygen atoms in total. The van der Waals surface area contributed by atoms with Crippen molar-refractivity contribution >= 4 is 17.1 Å². The van der Waals surface area contributed by atoms with Crippen LogP contribution in [0.25, 0.3) is 11.1 Å². The third kappa shape index (κ3) is 2.51. The molecule has 2 N–H and O–H groups in total. The molecule has 0 aliphatic rings. The third-order valence-corrected chi connectivity index (χ3v) is 3.46. The molecule has 0 aliphatic heterocycles. The van der Waals surface area contributed by atoms with E-state index >= 15 is 0 Å². The average molecular weight is 299 g/mol. The van der Waals surface area contributed by atoms with Crippen LogP contribution in [-0.2, 0) is 13.2 Å². The number of rotatable bonds is 4. The highest BCUT2D eigenvalue weighted by atomic mass is 16.4. The topological polar surface area (TPSA) is 92.7 Å². The van der Waals surface area contributed by atoms with Gasteiger partial charge < -0.3 is 14.6 Å². The molecule has 0 spiro atoms. The van der Waals surface area contributed by atoms with Crippen molar-refractivity contribution in [3.8, 4) is 0 Å². The van der Waals surface area contributed by atoms with Gasteiger partial charge in [0.15, 0.2) is 5.58 Å². The Hall–Kier alpha value is -2.86. The number of aliphatic hydroxyl groups excluding tert-OH is 1. The van der Waals surface area contributed by atoms with Crippen LogP contribution in [0.1, 0.15) is 21.5 Å². The first kappa shape index (κ1) is 14.1. The number of fused-ring (bicyclic) bond motifs is 1. The van der Waals surface area contributed by atoms with Gasteiger partial charge in [0, 0.05) is 0 Å². The van der Waals surface area contributed by atoms with Gasteiger partial charge in [-0.1, -0.05) is 18.2 Å². The van der Waals surface area contributed by atoms with Crippen LogP contribution in [0.2, 0.25) is 0 Å². The number of aromatic nitrogens is 1. The van der Waals surface area contributed by atoms with Crippen LogP contribution in [0, 0.1) is 0 Å². The molecule has 3 rings (SSSR count). The van der Waals surface area contributed by atoms with Crippen LogP contribution < -0.4 is 5.76 Å². The highest BCUT2D eigenvalue weighted by Gasteiger charge is 2.11. The zero-order valence-electron chi connectivity index (χ0n) is 11.5. The van der Waals surface area contributed by atoms with E-state index in [1.54, 1.807) is 30.3 Å². The summed E-state index contributed by atoms with van der Waals surface area (Å²) in [5, 5.41) is 18.0. The molecule has 1 heterocycles. The molecule has 6 heteroatoms. The van der Waals surface area contributed by atoms with E-state index in [-0.39, 0.29) is 18.7 Å². The lowest BCUT2D eigenvalue weighted by atomic mass is 10.1. The van der Waals surface area contributed by atoms with Gasteiger partial charge in [0.25, 0.3) is 0 Å². The highest BCUT2D eigenvalue weighted by Crippen LogP contribution is 2.17. The summed E-state index contributed by atoms with van der Waals surface area (Å²) in [6, 6.07) is 11.4. The second kappa shape index (κ2) is 5.50. The first-order valence-electron chi connectivity index (χ1n) is 6.64. The number of carboxylic acids is 1. The number of hydrogen-bond acceptors (Lipinski definition) is 4. The third-order valence-electron chi connectivity index (χ3n) is 3.46. The molecular formula is C16H13NO5. The minimum Gasteiger partial charge on any atom is -0.478 e. The minimum absolute atomic E-state index is 0.124. The molecule has 2 aromatic carbocycles. The number of hydrogen-bond donors (Lipinski definition) is 2. The van der Waals surface area contributed by atoms with E-state index in [1.807, 2.05) is 0 Å². The van der Waals surface area contributed by atoms with Gasteiger partial charge in [-0.3, -0.25) is 4.57 Å². The van der Waals surface area contributed by atoms with Crippen LogP contribution in [-0.4, -0.2) is 20.7 Å². The quantitative estimate of drug-likeness (QED) is 0.766. The first-order chi connectivity index (χ1) is 10.6. The first-order valence-corrected chi connectivity index (χ1v) is 6.64. The van der Waals surface area contributed by atoms with E-state index < -0.39 is 11.7 Å². The van der Waals surface area contributed by atoms with E-state index in [0.29, 0.717) is 16.7 Å². The molecule has 112 valence electrons. The smallest absolute Gasteiger partial charge is 0.420 e. The Balaban J connectivity index is 1.98. The largest absolute Gasteiger partial charge is 0.478 e. The van der Waals surface area contributed by atoms with Crippen LogP contribution >= 0.6 is 0 Å². The number of benzene rings is 2. The van der Waals surface area contributed by atoms with Gasteiger partial charge in [-0.05, 0) is 35.4 Å². The summed E-state index contributed by atoms with van der Waals surface area (Å²) in [6.45, 7) is 0.158. The fourth-order valence-electron chi connectivity index (χ4n) is 2.29. The van der Waals surface area contributed by atoms with Crippen LogP contribution in [0.4, 0.5) is 0 Å². The molecule has 0 unspecified atom stereocenters. The summed E-state index contributed by atoms with van der Waals surface area (Å²) in [5.74, 6) is -1.48. The predicted molar refractivity (Wildman–Crippen MR) is 78.9 cm³/mol. The van der Waals surface area contributed by atoms with Gasteiger partial charge in [-0.15, -0.1) is 0 Å². The van der Waals surface area contributed by atoms with Crippen molar-refractivity contribution in [3.63, 3.8) is 0 Å². The van der Waals surface area contributed by atoms with E-state index in [0.717, 1.165) is 5.56 Å². The summed E-state index contributed by atoms with van der Waals surface area (Å²) in [6.07, 6.45) is 0. The van der Waals surface area contributed by atoms with Crippen LogP contribution in [0.3, 0.4) is 0 Å². The molecular weight excluding hydrogens is 286 g/mol. The van der Waals surface area contributed by atoms with Crippen LogP contribution in [0.5, 0.6) is 0 Å². The lowest BCUT2D eigenvalue weighted by Crippen LogP contribution is -2.14. The van der Waals surface area contributed by atoms with Gasteiger partial charge in [-0.2, -0.15) is 0 Å². The molecule has 0 saturated carbocycles. The Morgan fingerprint density at radius 3 is 2.41 bits per heavy atom. The minimum atomic E-state index is -0.992. The molecule has 0 aliphatic carbocycles. The summed E-state index contributed by atoms with van der Waals surface area (Å²) in [4.78, 5) is 22.8. The molecule has 22 heavy (non-hydrogen) atoms. The number of oxazole rings is 1. The molecule has 0 amide bonds. The maximum atomic E-state index is 12.0. The SMILES string of the molecule is O=C(O)c1ccc(Cn2c(=O)oc3cc(CO)ccc32)cc1. The molecule has 3 aromatic rings. The second-order valence-electron chi connectivity index (χ2n) is 4.92. The Bertz CT molecular complexity index is 889. The normalized spacial score (nSPS) is 11.0. The average Bonchev–Trinajstić information content (AvgIpc) is 2.83. The standard InChI is InChI=1S/C16H13NO5/c18-9-11-3-6-13-14(7-11)22-16(21)17(13)8-10-1-4-12(5-2-10)15(19)20/h1-7,18H,8-9H2,(H,19,20). The number of aromatic carboxylic acids is 1. The van der Waals surface area contributed by atoms with Crippen molar-refractivity contribution in [1.82, 2.24) is 4.57 Å². The Morgan fingerprint density at radius 2 is 1.77 bits per heavy atom. The zero-order chi connectivity index (χ0) is 15.7. The maximum Gasteiger partial charge on any atom is 0.420 e. The molecule has 0 atom stereocenters. The summed E-state index contributed by atoms with van der Waals surface area (Å²) < 4.78 is 6.64. The zero-order valence-corrected chi connectivity index (χ0v) is 11.5. The fraction of sp³-hybridized carbons (Fsp3) is 0.125. The molecule has 0 radical (unpaired) electrons. The number of aliphatic hydroxyl groups is 1. The van der Waals surface area contributed by atoms with Gasteiger partial charge >= 0.3 is 11.7 Å². The van der Waals surface area contributed by atoms with Crippen molar-refractivity contribution in [2.24, 2.45) is 0 Å². The van der Waals surface area contributed by atoms with E-state index in [1.165, 1.54) is 16.7 Å². The summed E-state index contributed by atoms with van der Waals surface area (Å²) >= 11 is 0. The lowest BCUT2D eigenvalue weighted by molar-refractivity contribution is 0.0697. The summed E-state index contributed by atoms with van der Waals surface area (Å²) in [5.41, 5.74) is 2.70. The predicted octanol–water partition coefficient (Wildman–Crippen LogP) is 1.83. The van der Waals surface area contributed by atoms with E-state index in [2.05, 4.69) is 0 Å². The second-order valence-corrected chi connectivity index (χ2v) is 4.92. The van der Waals surface area contributed by atoms with E-state index in [4.69, 9.17) is 14.6 Å². The van der Waals surface area contributed by atoms with E-state index in [9.17, 15) is 9.59 Å². The van der Waals surface area contributed by atoms with Gasteiger partial charge in [0.1, 0.15) is 0 Å². The van der Waals surface area contributed by atoms with Crippen LogP contribution in [0.15, 0.2) is 51.7 Å². The Morgan fingerprint density at radius 1 is 1.09 bits per heavy atom. The lowest BCUT2D eigenvalue weighted by Gasteiger charge is -2.04. The molecule has 1 aromatic heterocycles. The number of carboxylic acid groups (broad SMARTS) is 1. The van der Waals surface area contributed by atoms with Crippen molar-refractivity contribution in [1.29, 1.82) is 0 Å². The van der Waals surface area contributed by atoms with Gasteiger partial charge in [0.05, 0.1) is 24.2 Å². The molecule has 0 bridgehead atoms. The number of carbonyl (C=O) groups is 1. The van der Waals surface area contributed by atoms with Crippen molar-refractivity contribution in [3.05, 3.63) is 69.7 Å². The van der Waals surface area contributed by atoms with Crippen molar-refractivity contribution in [2.75, 3.05) is 0 Å². The number of nitrogens with zero attached hydrogens (tertiary/aromatic N) is 1. The molecule has 0 fully saturated rings. The summed E-state index contributed by atoms with van der Waals surface area (Å²) in [7, 11) is 0. The van der Waals surface area contributed by atoms with Gasteiger partial charge in [0.2, 0.25) is 0 Å². The maximum absolute atomic E-state index is 12.0.